The number of methoxy groups -OCH3 is 2. The molecule has 0 unspecified atom stereocenters. The van der Waals surface area contributed by atoms with Crippen LogP contribution in [-0.2, 0) is 14.3 Å². The van der Waals surface area contributed by atoms with E-state index >= 15 is 0 Å². The molecular formula is C27H31NO5S. The Morgan fingerprint density at radius 1 is 1.18 bits per heavy atom. The van der Waals surface area contributed by atoms with Crippen LogP contribution in [0.15, 0.2) is 58.3 Å². The number of ketones is 1. The number of thiophene rings is 1. The summed E-state index contributed by atoms with van der Waals surface area (Å²) in [5, 5.41) is 5.38. The van der Waals surface area contributed by atoms with Gasteiger partial charge in [0.2, 0.25) is 0 Å². The van der Waals surface area contributed by atoms with E-state index < -0.39 is 5.92 Å². The predicted molar refractivity (Wildman–Crippen MR) is 132 cm³/mol. The lowest BCUT2D eigenvalue weighted by molar-refractivity contribution is -0.143. The summed E-state index contributed by atoms with van der Waals surface area (Å²) in [6.07, 6.45) is 1.58. The first-order valence-corrected chi connectivity index (χ1v) is 12.5. The van der Waals surface area contributed by atoms with E-state index in [9.17, 15) is 9.59 Å². The minimum Gasteiger partial charge on any atom is -0.493 e. The van der Waals surface area contributed by atoms with Gasteiger partial charge in [-0.2, -0.15) is 0 Å². The van der Waals surface area contributed by atoms with Crippen molar-refractivity contribution in [2.24, 2.45) is 0 Å². The highest BCUT2D eigenvalue weighted by Crippen LogP contribution is 2.47. The third kappa shape index (κ3) is 4.49. The van der Waals surface area contributed by atoms with E-state index in [0.29, 0.717) is 35.5 Å². The van der Waals surface area contributed by atoms with Gasteiger partial charge in [0.1, 0.15) is 0 Å². The molecule has 34 heavy (non-hydrogen) atoms. The normalized spacial score (nSPS) is 21.0. The lowest BCUT2D eigenvalue weighted by Crippen LogP contribution is -2.36. The van der Waals surface area contributed by atoms with E-state index in [2.05, 4.69) is 5.32 Å². The van der Waals surface area contributed by atoms with E-state index in [4.69, 9.17) is 14.2 Å². The second-order valence-electron chi connectivity index (χ2n) is 8.77. The van der Waals surface area contributed by atoms with E-state index in [1.54, 1.807) is 25.6 Å². The van der Waals surface area contributed by atoms with Gasteiger partial charge < -0.3 is 19.5 Å². The Morgan fingerprint density at radius 2 is 1.94 bits per heavy atom. The molecule has 0 spiro atoms. The van der Waals surface area contributed by atoms with Crippen LogP contribution >= 0.6 is 11.3 Å². The molecule has 0 amide bonds. The summed E-state index contributed by atoms with van der Waals surface area (Å²) in [5.41, 5.74) is 3.86. The SMILES string of the molecule is CC[C@@H](C)OC(=O)C1=C(C)NC2=C(C(=O)C[C@@H](c3ccc(OC)c(OC)c3)C2)[C@@H]1c1cccs1. The molecule has 180 valence electrons. The van der Waals surface area contributed by atoms with Gasteiger partial charge in [0.15, 0.2) is 17.3 Å². The predicted octanol–water partition coefficient (Wildman–Crippen LogP) is 5.47. The highest BCUT2D eigenvalue weighted by Gasteiger charge is 2.42. The fourth-order valence-electron chi connectivity index (χ4n) is 4.72. The van der Waals surface area contributed by atoms with Gasteiger partial charge in [-0.1, -0.05) is 19.1 Å². The van der Waals surface area contributed by atoms with Gasteiger partial charge in [0.25, 0.3) is 0 Å². The molecule has 7 heteroatoms. The molecule has 0 bridgehead atoms. The van der Waals surface area contributed by atoms with Crippen LogP contribution in [0.4, 0.5) is 0 Å². The lowest BCUT2D eigenvalue weighted by Gasteiger charge is -2.36. The summed E-state index contributed by atoms with van der Waals surface area (Å²) in [4.78, 5) is 27.8. The lowest BCUT2D eigenvalue weighted by atomic mass is 9.73. The van der Waals surface area contributed by atoms with Gasteiger partial charge in [0.05, 0.1) is 31.8 Å². The Labute approximate surface area is 204 Å². The van der Waals surface area contributed by atoms with Gasteiger partial charge in [-0.25, -0.2) is 4.79 Å². The Hall–Kier alpha value is -3.06. The smallest absolute Gasteiger partial charge is 0.337 e. The van der Waals surface area contributed by atoms with Crippen molar-refractivity contribution in [1.82, 2.24) is 5.32 Å². The second kappa shape index (κ2) is 10.1. The van der Waals surface area contributed by atoms with Crippen molar-refractivity contribution in [3.8, 4) is 11.5 Å². The number of benzene rings is 1. The van der Waals surface area contributed by atoms with Gasteiger partial charge >= 0.3 is 5.97 Å². The number of allylic oxidation sites excluding steroid dienone is 3. The van der Waals surface area contributed by atoms with Gasteiger partial charge in [-0.15, -0.1) is 11.3 Å². The van der Waals surface area contributed by atoms with Crippen molar-refractivity contribution < 1.29 is 23.8 Å². The fourth-order valence-corrected chi connectivity index (χ4v) is 5.56. The first kappa shape index (κ1) is 24.1. The average Bonchev–Trinajstić information content (AvgIpc) is 3.37. The van der Waals surface area contributed by atoms with Crippen LogP contribution in [0.3, 0.4) is 0 Å². The van der Waals surface area contributed by atoms with Crippen LogP contribution in [0.1, 0.15) is 62.3 Å². The quantitative estimate of drug-likeness (QED) is 0.529. The molecule has 1 N–H and O–H groups in total. The topological polar surface area (TPSA) is 73.9 Å². The summed E-state index contributed by atoms with van der Waals surface area (Å²) in [6.45, 7) is 5.76. The zero-order chi connectivity index (χ0) is 24.4. The van der Waals surface area contributed by atoms with Crippen molar-refractivity contribution in [3.63, 3.8) is 0 Å². The van der Waals surface area contributed by atoms with Crippen LogP contribution in [0.25, 0.3) is 0 Å². The first-order valence-electron chi connectivity index (χ1n) is 11.6. The molecule has 4 rings (SSSR count). The van der Waals surface area contributed by atoms with Crippen LogP contribution < -0.4 is 14.8 Å². The number of rotatable bonds is 7. The van der Waals surface area contributed by atoms with E-state index in [0.717, 1.165) is 28.3 Å². The monoisotopic (exact) mass is 481 g/mol. The highest BCUT2D eigenvalue weighted by molar-refractivity contribution is 7.10. The third-order valence-corrected chi connectivity index (χ3v) is 7.57. The minimum absolute atomic E-state index is 0.00366. The van der Waals surface area contributed by atoms with Gasteiger partial charge in [-0.05, 0) is 61.7 Å². The molecule has 0 fully saturated rings. The van der Waals surface area contributed by atoms with Crippen molar-refractivity contribution in [2.75, 3.05) is 14.2 Å². The van der Waals surface area contributed by atoms with Crippen LogP contribution in [0.5, 0.6) is 11.5 Å². The largest absolute Gasteiger partial charge is 0.493 e. The number of esters is 1. The van der Waals surface area contributed by atoms with Crippen LogP contribution in [0, 0.1) is 0 Å². The number of carbonyl (C=O) groups excluding carboxylic acids is 2. The second-order valence-corrected chi connectivity index (χ2v) is 9.75. The van der Waals surface area contributed by atoms with Gasteiger partial charge in [0, 0.05) is 28.3 Å². The molecule has 1 aromatic heterocycles. The number of nitrogens with one attached hydrogen (secondary N) is 1. The molecule has 0 saturated carbocycles. The molecule has 0 saturated heterocycles. The Balaban J connectivity index is 1.72. The summed E-state index contributed by atoms with van der Waals surface area (Å²) in [7, 11) is 3.21. The van der Waals surface area contributed by atoms with E-state index in [1.807, 2.05) is 56.5 Å². The summed E-state index contributed by atoms with van der Waals surface area (Å²) >= 11 is 1.55. The van der Waals surface area contributed by atoms with Crippen molar-refractivity contribution in [3.05, 3.63) is 68.7 Å². The molecular weight excluding hydrogens is 450 g/mol. The van der Waals surface area contributed by atoms with E-state index in [-0.39, 0.29) is 23.8 Å². The van der Waals surface area contributed by atoms with Crippen LogP contribution in [0.2, 0.25) is 0 Å². The van der Waals surface area contributed by atoms with Gasteiger partial charge in [-0.3, -0.25) is 4.79 Å². The third-order valence-electron chi connectivity index (χ3n) is 6.64. The van der Waals surface area contributed by atoms with Crippen molar-refractivity contribution >= 4 is 23.1 Å². The fraction of sp³-hybridized carbons (Fsp3) is 0.407. The maximum absolute atomic E-state index is 13.6. The number of dihydropyridines is 1. The zero-order valence-electron chi connectivity index (χ0n) is 20.3. The molecule has 1 aliphatic carbocycles. The Morgan fingerprint density at radius 3 is 2.59 bits per heavy atom. The van der Waals surface area contributed by atoms with Crippen molar-refractivity contribution in [1.29, 1.82) is 0 Å². The Kier molecular flexibility index (Phi) is 7.12. The summed E-state index contributed by atoms with van der Waals surface area (Å²) < 4.78 is 16.5. The summed E-state index contributed by atoms with van der Waals surface area (Å²) in [5.74, 6) is 0.583. The molecule has 2 aromatic rings. The molecule has 0 radical (unpaired) electrons. The first-order chi connectivity index (χ1) is 16.4. The molecule has 3 atom stereocenters. The minimum atomic E-state index is -0.411. The number of Topliss-reactive ketones (excluding diaryl/α,β-unsaturated/α-hetero) is 1. The standard InChI is InChI=1S/C27H31NO5S/c1-6-15(2)33-27(30)24-16(3)28-19-12-18(17-9-10-21(31-4)22(14-17)32-5)13-20(29)25(19)26(24)23-8-7-11-34-23/h7-11,14-15,18,26,28H,6,12-13H2,1-5H3/t15-,18+,26-/m1/s1. The van der Waals surface area contributed by atoms with Crippen molar-refractivity contribution in [2.45, 2.75) is 58.0 Å². The maximum Gasteiger partial charge on any atom is 0.337 e. The number of carbonyl (C=O) groups is 2. The maximum atomic E-state index is 13.6. The molecule has 1 aromatic carbocycles. The highest BCUT2D eigenvalue weighted by atomic mass is 32.1. The molecule has 2 aliphatic rings. The molecule has 6 nitrogen and oxygen atoms in total. The zero-order valence-corrected chi connectivity index (χ0v) is 21.1. The van der Waals surface area contributed by atoms with Crippen LogP contribution in [-0.4, -0.2) is 32.1 Å². The molecule has 1 aliphatic heterocycles. The van der Waals surface area contributed by atoms with E-state index in [1.165, 1.54) is 0 Å². The number of ether oxygens (including phenoxy) is 3. The number of hydrogen-bond donors (Lipinski definition) is 1. The Bertz CT molecular complexity index is 1150. The summed E-state index contributed by atoms with van der Waals surface area (Å²) in [6, 6.07) is 9.75. The number of hydrogen-bond acceptors (Lipinski definition) is 7. The molecule has 2 heterocycles. The average molecular weight is 482 g/mol.